The van der Waals surface area contributed by atoms with E-state index in [-0.39, 0.29) is 0 Å². The zero-order chi connectivity index (χ0) is 12.3. The van der Waals surface area contributed by atoms with Gasteiger partial charge in [-0.05, 0) is 18.9 Å². The Morgan fingerprint density at radius 2 is 1.82 bits per heavy atom. The minimum absolute atomic E-state index is 0.377. The normalized spacial score (nSPS) is 19.4. The van der Waals surface area contributed by atoms with Crippen molar-refractivity contribution in [2.75, 3.05) is 23.3 Å². The molecule has 0 aromatic heterocycles. The Kier molecular flexibility index (Phi) is 4.42. The molecule has 1 saturated heterocycles. The quantitative estimate of drug-likeness (QED) is 0.837. The molecule has 1 aromatic rings. The maximum atomic E-state index is 10.1. The Labute approximate surface area is 110 Å². The highest BCUT2D eigenvalue weighted by molar-refractivity contribution is 9.09. The molecule has 94 valence electrons. The summed E-state index contributed by atoms with van der Waals surface area (Å²) in [6, 6.07) is 7.79. The Hall–Kier alpha value is -0.580. The van der Waals surface area contributed by atoms with Crippen LogP contribution in [0.15, 0.2) is 24.3 Å². The van der Waals surface area contributed by atoms with Crippen LogP contribution in [0.4, 0.5) is 5.69 Å². The lowest BCUT2D eigenvalue weighted by atomic mass is 10.0. The van der Waals surface area contributed by atoms with Crippen molar-refractivity contribution in [3.8, 4) is 0 Å². The zero-order valence-electron chi connectivity index (χ0n) is 9.72. The minimum Gasteiger partial charge on any atom is -0.389 e. The van der Waals surface area contributed by atoms with Crippen LogP contribution in [0, 0.1) is 0 Å². The molecule has 2 rings (SSSR count). The molecule has 3 nitrogen and oxygen atoms in total. The van der Waals surface area contributed by atoms with E-state index < -0.39 is 12.2 Å². The van der Waals surface area contributed by atoms with Crippen LogP contribution >= 0.6 is 15.9 Å². The maximum absolute atomic E-state index is 10.1. The van der Waals surface area contributed by atoms with Crippen LogP contribution in [0.2, 0.25) is 0 Å². The summed E-state index contributed by atoms with van der Waals surface area (Å²) in [7, 11) is 0. The van der Waals surface area contributed by atoms with Crippen LogP contribution in [0.3, 0.4) is 0 Å². The Balaban J connectivity index is 2.26. The molecule has 1 fully saturated rings. The van der Waals surface area contributed by atoms with Crippen LogP contribution in [-0.4, -0.2) is 34.7 Å². The van der Waals surface area contributed by atoms with Gasteiger partial charge in [0.15, 0.2) is 0 Å². The van der Waals surface area contributed by atoms with Gasteiger partial charge in [0.1, 0.15) is 6.10 Å². The first-order valence-electron chi connectivity index (χ1n) is 6.00. The van der Waals surface area contributed by atoms with Gasteiger partial charge < -0.3 is 15.1 Å². The Bertz CT molecular complexity index is 366. The second-order valence-electron chi connectivity index (χ2n) is 4.42. The molecule has 1 aliphatic heterocycles. The summed E-state index contributed by atoms with van der Waals surface area (Å²) in [4.78, 5) is 2.28. The van der Waals surface area contributed by atoms with E-state index in [4.69, 9.17) is 0 Å². The summed E-state index contributed by atoms with van der Waals surface area (Å²) < 4.78 is 0. The van der Waals surface area contributed by atoms with Gasteiger partial charge in [0, 0.05) is 29.7 Å². The highest BCUT2D eigenvalue weighted by Gasteiger charge is 2.23. The average molecular weight is 300 g/mol. The molecule has 0 aliphatic carbocycles. The van der Waals surface area contributed by atoms with Crippen LogP contribution in [0.5, 0.6) is 0 Å². The van der Waals surface area contributed by atoms with Gasteiger partial charge in [-0.25, -0.2) is 0 Å². The number of alkyl halides is 1. The average Bonchev–Trinajstić information content (AvgIpc) is 2.90. The molecule has 4 heteroatoms. The van der Waals surface area contributed by atoms with Crippen molar-refractivity contribution in [2.24, 2.45) is 0 Å². The van der Waals surface area contributed by atoms with E-state index in [9.17, 15) is 10.2 Å². The number of halogens is 1. The van der Waals surface area contributed by atoms with E-state index in [0.29, 0.717) is 5.33 Å². The lowest BCUT2D eigenvalue weighted by Crippen LogP contribution is -2.24. The monoisotopic (exact) mass is 299 g/mol. The standard InChI is InChI=1S/C13H18BrNO2/c14-9-12(16)13(17)10-5-1-2-6-11(10)15-7-3-4-8-15/h1-2,5-6,12-13,16-17H,3-4,7-9H2. The molecule has 0 bridgehead atoms. The van der Waals surface area contributed by atoms with Crippen molar-refractivity contribution >= 4 is 21.6 Å². The zero-order valence-corrected chi connectivity index (χ0v) is 11.3. The van der Waals surface area contributed by atoms with E-state index in [1.54, 1.807) is 0 Å². The first-order chi connectivity index (χ1) is 8.24. The minimum atomic E-state index is -0.828. The van der Waals surface area contributed by atoms with Gasteiger partial charge in [-0.1, -0.05) is 34.1 Å². The van der Waals surface area contributed by atoms with Gasteiger partial charge in [-0.2, -0.15) is 0 Å². The van der Waals surface area contributed by atoms with Gasteiger partial charge in [0.25, 0.3) is 0 Å². The predicted molar refractivity (Wildman–Crippen MR) is 72.6 cm³/mol. The fourth-order valence-electron chi connectivity index (χ4n) is 2.28. The summed E-state index contributed by atoms with van der Waals surface area (Å²) in [6.07, 6.45) is 0.807. The molecule has 2 unspecified atom stereocenters. The number of benzene rings is 1. The molecule has 17 heavy (non-hydrogen) atoms. The van der Waals surface area contributed by atoms with Crippen molar-refractivity contribution < 1.29 is 10.2 Å². The van der Waals surface area contributed by atoms with Crippen LogP contribution in [0.1, 0.15) is 24.5 Å². The molecular weight excluding hydrogens is 282 g/mol. The van der Waals surface area contributed by atoms with Gasteiger partial charge in [-0.15, -0.1) is 0 Å². The van der Waals surface area contributed by atoms with E-state index in [2.05, 4.69) is 20.8 Å². The first kappa shape index (κ1) is 12.9. The number of aliphatic hydroxyl groups excluding tert-OH is 2. The van der Waals surface area contributed by atoms with Crippen molar-refractivity contribution in [1.82, 2.24) is 0 Å². The van der Waals surface area contributed by atoms with Crippen LogP contribution < -0.4 is 4.90 Å². The largest absolute Gasteiger partial charge is 0.389 e. The van der Waals surface area contributed by atoms with Crippen LogP contribution in [0.25, 0.3) is 0 Å². The van der Waals surface area contributed by atoms with E-state index in [0.717, 1.165) is 24.3 Å². The lowest BCUT2D eigenvalue weighted by Gasteiger charge is -2.25. The van der Waals surface area contributed by atoms with E-state index >= 15 is 0 Å². The second-order valence-corrected chi connectivity index (χ2v) is 5.07. The fourth-order valence-corrected chi connectivity index (χ4v) is 2.63. The van der Waals surface area contributed by atoms with Crippen molar-refractivity contribution in [3.63, 3.8) is 0 Å². The Morgan fingerprint density at radius 1 is 1.18 bits per heavy atom. The maximum Gasteiger partial charge on any atom is 0.108 e. The predicted octanol–water partition coefficient (Wildman–Crippen LogP) is 2.08. The SMILES string of the molecule is OC(CBr)C(O)c1ccccc1N1CCCC1. The number of nitrogens with zero attached hydrogens (tertiary/aromatic N) is 1. The highest BCUT2D eigenvalue weighted by atomic mass is 79.9. The third-order valence-corrected chi connectivity index (χ3v) is 3.89. The summed E-state index contributed by atoms with van der Waals surface area (Å²) in [5.41, 5.74) is 1.87. The molecular formula is C13H18BrNO2. The van der Waals surface area contributed by atoms with Gasteiger partial charge in [-0.3, -0.25) is 0 Å². The molecule has 1 heterocycles. The molecule has 0 saturated carbocycles. The van der Waals surface area contributed by atoms with Crippen molar-refractivity contribution in [2.45, 2.75) is 25.0 Å². The number of rotatable bonds is 4. The number of hydrogen-bond donors (Lipinski definition) is 2. The van der Waals surface area contributed by atoms with Crippen LogP contribution in [-0.2, 0) is 0 Å². The third-order valence-electron chi connectivity index (χ3n) is 3.22. The molecule has 0 spiro atoms. The smallest absolute Gasteiger partial charge is 0.108 e. The molecule has 0 radical (unpaired) electrons. The Morgan fingerprint density at radius 3 is 2.47 bits per heavy atom. The molecule has 1 aliphatic rings. The number of para-hydroxylation sites is 1. The summed E-state index contributed by atoms with van der Waals surface area (Å²) in [6.45, 7) is 2.07. The lowest BCUT2D eigenvalue weighted by molar-refractivity contribution is 0.0345. The summed E-state index contributed by atoms with van der Waals surface area (Å²) in [5, 5.41) is 20.2. The topological polar surface area (TPSA) is 43.7 Å². The van der Waals surface area contributed by atoms with Crippen molar-refractivity contribution in [3.05, 3.63) is 29.8 Å². The van der Waals surface area contributed by atoms with Gasteiger partial charge in [0.2, 0.25) is 0 Å². The molecule has 2 atom stereocenters. The summed E-state index contributed by atoms with van der Waals surface area (Å²) >= 11 is 3.20. The molecule has 1 aromatic carbocycles. The first-order valence-corrected chi connectivity index (χ1v) is 7.12. The second kappa shape index (κ2) is 5.85. The molecule has 2 N–H and O–H groups in total. The highest BCUT2D eigenvalue weighted by Crippen LogP contribution is 2.30. The third kappa shape index (κ3) is 2.81. The van der Waals surface area contributed by atoms with Gasteiger partial charge >= 0.3 is 0 Å². The number of hydrogen-bond acceptors (Lipinski definition) is 3. The fraction of sp³-hybridized carbons (Fsp3) is 0.538. The summed E-state index contributed by atoms with van der Waals surface area (Å²) in [5.74, 6) is 0. The number of anilines is 1. The number of aliphatic hydroxyl groups is 2. The molecule has 0 amide bonds. The van der Waals surface area contributed by atoms with E-state index in [1.165, 1.54) is 12.8 Å². The van der Waals surface area contributed by atoms with E-state index in [1.807, 2.05) is 24.3 Å². The van der Waals surface area contributed by atoms with Gasteiger partial charge in [0.05, 0.1) is 6.10 Å². The van der Waals surface area contributed by atoms with Crippen molar-refractivity contribution in [1.29, 1.82) is 0 Å².